The number of ether oxygens (including phenoxy) is 1. The molecule has 0 spiro atoms. The van der Waals surface area contributed by atoms with Gasteiger partial charge < -0.3 is 4.74 Å². The Morgan fingerprint density at radius 2 is 2.14 bits per heavy atom. The first-order chi connectivity index (χ1) is 3.11. The number of halogens is 3. The molecule has 0 N–H and O–H groups in total. The molecule has 0 aromatic heterocycles. The van der Waals surface area contributed by atoms with E-state index in [2.05, 4.69) is 16.3 Å². The molecule has 1 nitrogen and oxygen atoms in total. The van der Waals surface area contributed by atoms with Gasteiger partial charge in [0.15, 0.2) is 6.10 Å². The minimum atomic E-state index is -3.14. The summed E-state index contributed by atoms with van der Waals surface area (Å²) in [5.41, 5.74) is 0. The van der Waals surface area contributed by atoms with E-state index in [-0.39, 0.29) is 6.61 Å². The van der Waals surface area contributed by atoms with Crippen molar-refractivity contribution in [2.24, 2.45) is 0 Å². The van der Waals surface area contributed by atoms with Crippen LogP contribution in [0, 0.1) is 0 Å². The maximum Gasteiger partial charge on any atom is 0.349 e. The van der Waals surface area contributed by atoms with Crippen molar-refractivity contribution in [2.45, 2.75) is 11.5 Å². The van der Waals surface area contributed by atoms with Crippen molar-refractivity contribution in [3.63, 3.8) is 0 Å². The van der Waals surface area contributed by atoms with Gasteiger partial charge in [-0.2, -0.15) is 8.78 Å². The minimum Gasteiger partial charge on any atom is -0.365 e. The van der Waals surface area contributed by atoms with Crippen LogP contribution in [-0.4, -0.2) is 18.1 Å². The lowest BCUT2D eigenvalue weighted by Crippen LogP contribution is -2.13. The van der Waals surface area contributed by atoms with E-state index in [1.165, 1.54) is 0 Å². The predicted molar refractivity (Wildman–Crippen MR) is 20.5 cm³/mol. The molecule has 7 heavy (non-hydrogen) atoms. The Morgan fingerprint density at radius 3 is 2.14 bits per heavy atom. The summed E-state index contributed by atoms with van der Waals surface area (Å²) in [6.07, 6.45) is -1.02. The van der Waals surface area contributed by atoms with Crippen LogP contribution in [0.15, 0.2) is 0 Å². The second kappa shape index (κ2) is 1.29. The van der Waals surface area contributed by atoms with Crippen LogP contribution in [0.1, 0.15) is 0 Å². The Hall–Kier alpha value is 0.110. The molecule has 1 fully saturated rings. The molecule has 1 aliphatic rings. The van der Waals surface area contributed by atoms with E-state index in [9.17, 15) is 8.78 Å². The fourth-order valence-electron chi connectivity index (χ4n) is 0.237. The second-order valence-corrected chi connectivity index (χ2v) is 1.87. The average molecular weight is 129 g/mol. The summed E-state index contributed by atoms with van der Waals surface area (Å²) in [7, 11) is 0. The monoisotopic (exact) mass is 128 g/mol. The minimum absolute atomic E-state index is 0.0938. The normalized spacial score (nSPS) is 30.4. The summed E-state index contributed by atoms with van der Waals surface area (Å²) in [6.45, 7) is 0.0938. The summed E-state index contributed by atoms with van der Waals surface area (Å²) in [5, 5.41) is -3.14. The Balaban J connectivity index is 2.36. The molecule has 0 amide bonds. The summed E-state index contributed by atoms with van der Waals surface area (Å²) >= 11 is 4.47. The van der Waals surface area contributed by atoms with Crippen LogP contribution in [-0.2, 0) is 4.74 Å². The molecule has 0 aromatic rings. The number of hydrogen-bond acceptors (Lipinski definition) is 1. The first kappa shape index (κ1) is 5.25. The fourth-order valence-corrected chi connectivity index (χ4v) is 0.363. The van der Waals surface area contributed by atoms with E-state index in [0.717, 1.165) is 0 Å². The fraction of sp³-hybridized carbons (Fsp3) is 1.00. The highest BCUT2D eigenvalue weighted by Gasteiger charge is 2.46. The zero-order valence-electron chi connectivity index (χ0n) is 3.33. The van der Waals surface area contributed by atoms with Gasteiger partial charge in [-0.25, -0.2) is 0 Å². The molecule has 0 aliphatic carbocycles. The highest BCUT2D eigenvalue weighted by Crippen LogP contribution is 2.33. The lowest BCUT2D eigenvalue weighted by atomic mass is 10.5. The molecule has 1 atom stereocenters. The number of rotatable bonds is 1. The summed E-state index contributed by atoms with van der Waals surface area (Å²) in [6, 6.07) is 0. The van der Waals surface area contributed by atoms with Crippen LogP contribution < -0.4 is 0 Å². The van der Waals surface area contributed by atoms with Gasteiger partial charge in [-0.3, -0.25) is 0 Å². The molecule has 0 saturated carbocycles. The average Bonchev–Trinajstić information content (AvgIpc) is 1.99. The van der Waals surface area contributed by atoms with Gasteiger partial charge in [-0.05, 0) is 11.6 Å². The zero-order valence-corrected chi connectivity index (χ0v) is 4.08. The van der Waals surface area contributed by atoms with Crippen molar-refractivity contribution in [3.05, 3.63) is 0 Å². The third kappa shape index (κ3) is 1.24. The first-order valence-corrected chi connectivity index (χ1v) is 2.17. The van der Waals surface area contributed by atoms with Gasteiger partial charge >= 0.3 is 5.38 Å². The van der Waals surface area contributed by atoms with Crippen LogP contribution in [0.2, 0.25) is 0 Å². The van der Waals surface area contributed by atoms with Crippen molar-refractivity contribution >= 4 is 11.6 Å². The zero-order chi connectivity index (χ0) is 5.49. The smallest absolute Gasteiger partial charge is 0.349 e. The van der Waals surface area contributed by atoms with Crippen molar-refractivity contribution in [1.82, 2.24) is 0 Å². The predicted octanol–water partition coefficient (Wildman–Crippen LogP) is 1.22. The lowest BCUT2D eigenvalue weighted by molar-refractivity contribution is 0.0611. The molecule has 4 heteroatoms. The molecule has 1 heterocycles. The number of hydrogen-bond donors (Lipinski definition) is 0. The molecule has 1 saturated heterocycles. The largest absolute Gasteiger partial charge is 0.365 e. The van der Waals surface area contributed by atoms with Crippen LogP contribution >= 0.6 is 11.6 Å². The summed E-state index contributed by atoms with van der Waals surface area (Å²) < 4.78 is 27.3. The molecule has 0 unspecified atom stereocenters. The van der Waals surface area contributed by atoms with E-state index < -0.39 is 11.5 Å². The molecule has 1 rings (SSSR count). The Bertz CT molecular complexity index is 75.5. The van der Waals surface area contributed by atoms with Crippen molar-refractivity contribution in [2.75, 3.05) is 6.61 Å². The maximum atomic E-state index is 11.5. The van der Waals surface area contributed by atoms with E-state index in [0.29, 0.717) is 0 Å². The highest BCUT2D eigenvalue weighted by atomic mass is 35.5. The van der Waals surface area contributed by atoms with Crippen LogP contribution in [0.4, 0.5) is 8.78 Å². The maximum absolute atomic E-state index is 11.5. The Labute approximate surface area is 44.2 Å². The van der Waals surface area contributed by atoms with Gasteiger partial charge in [0, 0.05) is 0 Å². The molecular weight excluding hydrogens is 125 g/mol. The van der Waals surface area contributed by atoms with Crippen LogP contribution in [0.25, 0.3) is 0 Å². The standard InChI is InChI=1S/C3H3ClF2O/c4-3(5,6)2-1-7-2/h2H,1H2/t2-/m0/s1. The second-order valence-electron chi connectivity index (χ2n) is 1.36. The Morgan fingerprint density at radius 1 is 1.71 bits per heavy atom. The van der Waals surface area contributed by atoms with Crippen molar-refractivity contribution in [1.29, 1.82) is 0 Å². The molecular formula is C3H3ClF2O. The van der Waals surface area contributed by atoms with E-state index >= 15 is 0 Å². The lowest BCUT2D eigenvalue weighted by Gasteiger charge is -1.98. The van der Waals surface area contributed by atoms with Gasteiger partial charge in [0.1, 0.15) is 0 Å². The topological polar surface area (TPSA) is 12.5 Å². The third-order valence-corrected chi connectivity index (χ3v) is 0.942. The van der Waals surface area contributed by atoms with E-state index in [4.69, 9.17) is 0 Å². The van der Waals surface area contributed by atoms with Gasteiger partial charge in [0.05, 0.1) is 6.61 Å². The van der Waals surface area contributed by atoms with E-state index in [1.54, 1.807) is 0 Å². The van der Waals surface area contributed by atoms with Gasteiger partial charge in [-0.15, -0.1) is 0 Å². The highest BCUT2D eigenvalue weighted by molar-refractivity contribution is 6.22. The summed E-state index contributed by atoms with van der Waals surface area (Å²) in [4.78, 5) is 0. The molecule has 0 bridgehead atoms. The van der Waals surface area contributed by atoms with Crippen molar-refractivity contribution in [3.8, 4) is 0 Å². The first-order valence-electron chi connectivity index (χ1n) is 1.79. The van der Waals surface area contributed by atoms with Crippen LogP contribution in [0.3, 0.4) is 0 Å². The number of epoxide rings is 1. The number of alkyl halides is 3. The van der Waals surface area contributed by atoms with Gasteiger partial charge in [0.25, 0.3) is 0 Å². The molecule has 0 radical (unpaired) electrons. The van der Waals surface area contributed by atoms with E-state index in [1.807, 2.05) is 0 Å². The molecule has 42 valence electrons. The SMILES string of the molecule is FC(F)(Cl)[C@@H]1CO1. The van der Waals surface area contributed by atoms with Crippen LogP contribution in [0.5, 0.6) is 0 Å². The molecule has 0 aromatic carbocycles. The third-order valence-electron chi connectivity index (χ3n) is 0.698. The van der Waals surface area contributed by atoms with Gasteiger partial charge in [-0.1, -0.05) is 0 Å². The summed E-state index contributed by atoms with van der Waals surface area (Å²) in [5.74, 6) is 0. The van der Waals surface area contributed by atoms with Crippen molar-refractivity contribution < 1.29 is 13.5 Å². The quantitative estimate of drug-likeness (QED) is 0.382. The Kier molecular flexibility index (Phi) is 0.970. The molecule has 1 aliphatic heterocycles. The van der Waals surface area contributed by atoms with Gasteiger partial charge in [0.2, 0.25) is 0 Å².